The van der Waals surface area contributed by atoms with E-state index in [2.05, 4.69) is 31.1 Å². The number of nitrogens with two attached hydrogens (primary N) is 1. The minimum atomic E-state index is 0.333. The number of pyridine rings is 1. The molecule has 0 amide bonds. The summed E-state index contributed by atoms with van der Waals surface area (Å²) in [6.07, 6.45) is 3.79. The monoisotopic (exact) mass is 232 g/mol. The van der Waals surface area contributed by atoms with Crippen molar-refractivity contribution in [2.24, 2.45) is 5.92 Å². The van der Waals surface area contributed by atoms with Crippen molar-refractivity contribution in [1.82, 2.24) is 4.98 Å². The third kappa shape index (κ3) is 4.31. The number of hydrogen-bond acceptors (Lipinski definition) is 4. The quantitative estimate of drug-likeness (QED) is 0.818. The Bertz CT molecular complexity index is 406. The van der Waals surface area contributed by atoms with E-state index in [1.54, 1.807) is 6.07 Å². The lowest BCUT2D eigenvalue weighted by Crippen LogP contribution is -2.17. The van der Waals surface area contributed by atoms with Gasteiger partial charge >= 0.3 is 0 Å². The molecule has 1 atom stereocenters. The van der Waals surface area contributed by atoms with Gasteiger partial charge in [0.1, 0.15) is 11.9 Å². The van der Waals surface area contributed by atoms with Crippen molar-refractivity contribution in [3.63, 3.8) is 0 Å². The van der Waals surface area contributed by atoms with Gasteiger partial charge in [-0.25, -0.2) is 4.98 Å². The zero-order valence-corrected chi connectivity index (χ0v) is 10.7. The summed E-state index contributed by atoms with van der Waals surface area (Å²) in [4.78, 5) is 4.16. The minimum absolute atomic E-state index is 0.333. The largest absolute Gasteiger partial charge is 0.396 e. The molecule has 92 valence electrons. The van der Waals surface area contributed by atoms with E-state index in [1.807, 2.05) is 6.07 Å². The molecular weight excluding hydrogens is 212 g/mol. The fraction of sp³-hybridized carbons (Fsp3) is 0.538. The van der Waals surface area contributed by atoms with Gasteiger partial charge in [-0.15, -0.1) is 0 Å². The topological polar surface area (TPSA) is 74.7 Å². The SMILES string of the molecule is CC(C)CCC(C)Nc1ncc(C#N)cc1N. The summed E-state index contributed by atoms with van der Waals surface area (Å²) < 4.78 is 0. The number of nitrogens with zero attached hydrogens (tertiary/aromatic N) is 2. The van der Waals surface area contributed by atoms with Crippen molar-refractivity contribution in [3.8, 4) is 6.07 Å². The third-order valence-corrected chi connectivity index (χ3v) is 2.61. The number of nitriles is 1. The van der Waals surface area contributed by atoms with Crippen LogP contribution in [0.3, 0.4) is 0 Å². The maximum atomic E-state index is 8.71. The summed E-state index contributed by atoms with van der Waals surface area (Å²) in [6.45, 7) is 6.53. The maximum Gasteiger partial charge on any atom is 0.149 e. The molecule has 0 saturated carbocycles. The van der Waals surface area contributed by atoms with Gasteiger partial charge in [-0.2, -0.15) is 5.26 Å². The zero-order valence-electron chi connectivity index (χ0n) is 10.7. The molecule has 0 aliphatic heterocycles. The summed E-state index contributed by atoms with van der Waals surface area (Å²) >= 11 is 0. The van der Waals surface area contributed by atoms with Gasteiger partial charge in [0.15, 0.2) is 0 Å². The van der Waals surface area contributed by atoms with Gasteiger partial charge in [-0.3, -0.25) is 0 Å². The van der Waals surface area contributed by atoms with Crippen molar-refractivity contribution < 1.29 is 0 Å². The van der Waals surface area contributed by atoms with Crippen LogP contribution in [0.5, 0.6) is 0 Å². The summed E-state index contributed by atoms with van der Waals surface area (Å²) in [7, 11) is 0. The molecule has 0 radical (unpaired) electrons. The fourth-order valence-electron chi connectivity index (χ4n) is 1.55. The molecule has 1 unspecified atom stereocenters. The van der Waals surface area contributed by atoms with E-state index in [1.165, 1.54) is 12.6 Å². The highest BCUT2D eigenvalue weighted by molar-refractivity contribution is 5.63. The van der Waals surface area contributed by atoms with Crippen LogP contribution in [0, 0.1) is 17.2 Å². The van der Waals surface area contributed by atoms with Gasteiger partial charge in [0.25, 0.3) is 0 Å². The standard InChI is InChI=1S/C13H20N4/c1-9(2)4-5-10(3)17-13-12(15)6-11(7-14)8-16-13/h6,8-10H,4-5,15H2,1-3H3,(H,16,17). The van der Waals surface area contributed by atoms with E-state index in [-0.39, 0.29) is 0 Å². The molecular formula is C13H20N4. The third-order valence-electron chi connectivity index (χ3n) is 2.61. The van der Waals surface area contributed by atoms with Crippen LogP contribution in [0.15, 0.2) is 12.3 Å². The Morgan fingerprint density at radius 1 is 1.41 bits per heavy atom. The van der Waals surface area contributed by atoms with Gasteiger partial charge in [0.05, 0.1) is 11.3 Å². The van der Waals surface area contributed by atoms with Gasteiger partial charge in [0.2, 0.25) is 0 Å². The van der Waals surface area contributed by atoms with Crippen molar-refractivity contribution in [1.29, 1.82) is 5.26 Å². The lowest BCUT2D eigenvalue weighted by atomic mass is 10.0. The molecule has 0 bridgehead atoms. The molecule has 0 fully saturated rings. The molecule has 0 aliphatic rings. The maximum absolute atomic E-state index is 8.71. The van der Waals surface area contributed by atoms with Crippen LogP contribution >= 0.6 is 0 Å². The van der Waals surface area contributed by atoms with E-state index < -0.39 is 0 Å². The summed E-state index contributed by atoms with van der Waals surface area (Å²) in [5, 5.41) is 12.0. The number of hydrogen-bond donors (Lipinski definition) is 2. The molecule has 0 spiro atoms. The van der Waals surface area contributed by atoms with Gasteiger partial charge < -0.3 is 11.1 Å². The molecule has 0 aliphatic carbocycles. The summed E-state index contributed by atoms with van der Waals surface area (Å²) in [5.74, 6) is 1.37. The first-order valence-electron chi connectivity index (χ1n) is 5.95. The van der Waals surface area contributed by atoms with Gasteiger partial charge in [-0.1, -0.05) is 13.8 Å². The van der Waals surface area contributed by atoms with Crippen LogP contribution in [-0.4, -0.2) is 11.0 Å². The van der Waals surface area contributed by atoms with Gasteiger partial charge in [0, 0.05) is 12.2 Å². The Hall–Kier alpha value is -1.76. The molecule has 1 rings (SSSR count). The van der Waals surface area contributed by atoms with E-state index in [0.717, 1.165) is 6.42 Å². The van der Waals surface area contributed by atoms with Crippen molar-refractivity contribution >= 4 is 11.5 Å². The first-order valence-corrected chi connectivity index (χ1v) is 5.95. The van der Waals surface area contributed by atoms with Crippen LogP contribution in [0.25, 0.3) is 0 Å². The van der Waals surface area contributed by atoms with Crippen LogP contribution in [0.4, 0.5) is 11.5 Å². The molecule has 1 aromatic heterocycles. The van der Waals surface area contributed by atoms with E-state index in [9.17, 15) is 0 Å². The first kappa shape index (κ1) is 13.3. The molecule has 4 heteroatoms. The van der Waals surface area contributed by atoms with E-state index >= 15 is 0 Å². The predicted molar refractivity (Wildman–Crippen MR) is 70.5 cm³/mol. The predicted octanol–water partition coefficient (Wildman–Crippen LogP) is 2.77. The second-order valence-corrected chi connectivity index (χ2v) is 4.79. The lowest BCUT2D eigenvalue weighted by molar-refractivity contribution is 0.527. The van der Waals surface area contributed by atoms with Crippen molar-refractivity contribution in [3.05, 3.63) is 17.8 Å². The molecule has 17 heavy (non-hydrogen) atoms. The summed E-state index contributed by atoms with van der Waals surface area (Å²) in [6, 6.07) is 3.99. The van der Waals surface area contributed by atoms with E-state index in [4.69, 9.17) is 11.0 Å². The van der Waals surface area contributed by atoms with Crippen LogP contribution < -0.4 is 11.1 Å². The van der Waals surface area contributed by atoms with Crippen LogP contribution in [0.1, 0.15) is 39.2 Å². The normalized spacial score (nSPS) is 12.2. The molecule has 1 heterocycles. The Kier molecular flexibility index (Phi) is 4.77. The van der Waals surface area contributed by atoms with Crippen molar-refractivity contribution in [2.45, 2.75) is 39.7 Å². The highest BCUT2D eigenvalue weighted by atomic mass is 15.0. The number of aromatic nitrogens is 1. The van der Waals surface area contributed by atoms with E-state index in [0.29, 0.717) is 29.0 Å². The Balaban J connectivity index is 2.60. The van der Waals surface area contributed by atoms with Gasteiger partial charge in [-0.05, 0) is 31.7 Å². The smallest absolute Gasteiger partial charge is 0.149 e. The molecule has 0 aromatic carbocycles. The molecule has 4 nitrogen and oxygen atoms in total. The summed E-state index contributed by atoms with van der Waals surface area (Å²) in [5.41, 5.74) is 6.84. The number of anilines is 2. The zero-order chi connectivity index (χ0) is 12.8. The molecule has 0 saturated heterocycles. The Morgan fingerprint density at radius 3 is 2.65 bits per heavy atom. The van der Waals surface area contributed by atoms with Crippen LogP contribution in [-0.2, 0) is 0 Å². The highest BCUT2D eigenvalue weighted by Crippen LogP contribution is 2.18. The van der Waals surface area contributed by atoms with Crippen molar-refractivity contribution in [2.75, 3.05) is 11.1 Å². The molecule has 1 aromatic rings. The first-order chi connectivity index (χ1) is 8.02. The minimum Gasteiger partial charge on any atom is -0.396 e. The Labute approximate surface area is 103 Å². The second-order valence-electron chi connectivity index (χ2n) is 4.79. The highest BCUT2D eigenvalue weighted by Gasteiger charge is 2.07. The lowest BCUT2D eigenvalue weighted by Gasteiger charge is -2.16. The average Bonchev–Trinajstić information content (AvgIpc) is 2.29. The average molecular weight is 232 g/mol. The second kappa shape index (κ2) is 6.09. The number of nitrogen functional groups attached to an aromatic ring is 1. The number of rotatable bonds is 5. The fourth-order valence-corrected chi connectivity index (χ4v) is 1.55. The van der Waals surface area contributed by atoms with Crippen LogP contribution in [0.2, 0.25) is 0 Å². The number of nitrogens with one attached hydrogen (secondary N) is 1. The molecule has 3 N–H and O–H groups in total. The Morgan fingerprint density at radius 2 is 2.12 bits per heavy atom.